The highest BCUT2D eigenvalue weighted by Gasteiger charge is 2.43. The minimum Gasteiger partial charge on any atom is -0.508 e. The first-order valence-electron chi connectivity index (χ1n) is 10.0. The van der Waals surface area contributed by atoms with Crippen molar-refractivity contribution in [2.45, 2.75) is 51.7 Å². The Morgan fingerprint density at radius 3 is 2.55 bits per heavy atom. The lowest BCUT2D eigenvalue weighted by molar-refractivity contribution is 0.196. The van der Waals surface area contributed by atoms with Gasteiger partial charge in [0.15, 0.2) is 5.82 Å². The van der Waals surface area contributed by atoms with Crippen molar-refractivity contribution >= 4 is 29.0 Å². The number of nitrogens with two attached hydrogens (primary N) is 1. The summed E-state index contributed by atoms with van der Waals surface area (Å²) < 4.78 is 0. The van der Waals surface area contributed by atoms with E-state index in [1.165, 1.54) is 25.0 Å². The molecular weight excluding hydrogens is 411 g/mol. The molecule has 1 saturated heterocycles. The van der Waals surface area contributed by atoms with Gasteiger partial charge in [-0.1, -0.05) is 29.6 Å². The molecule has 1 aromatic carbocycles. The van der Waals surface area contributed by atoms with E-state index in [0.717, 1.165) is 32.4 Å². The number of hydrogen-bond donors (Lipinski definition) is 3. The summed E-state index contributed by atoms with van der Waals surface area (Å²) in [5.41, 5.74) is 8.82. The van der Waals surface area contributed by atoms with Crippen LogP contribution in [-0.4, -0.2) is 39.3 Å². The summed E-state index contributed by atoms with van der Waals surface area (Å²) >= 11 is 12.5. The second-order valence-corrected chi connectivity index (χ2v) is 9.01. The fourth-order valence-electron chi connectivity index (χ4n) is 4.85. The topological polar surface area (TPSA) is 95.5 Å². The molecule has 0 unspecified atom stereocenters. The van der Waals surface area contributed by atoms with Crippen LogP contribution in [0.5, 0.6) is 5.75 Å². The van der Waals surface area contributed by atoms with Gasteiger partial charge in [0.2, 0.25) is 0 Å². The number of aromatic hydroxyl groups is 1. The molecule has 2 aliphatic rings. The number of aryl methyl sites for hydroxylation is 1. The van der Waals surface area contributed by atoms with Crippen LogP contribution < -0.4 is 10.6 Å². The summed E-state index contributed by atoms with van der Waals surface area (Å²) in [4.78, 5) is 11.6. The Hall–Kier alpha value is -1.60. The third-order valence-electron chi connectivity index (χ3n) is 6.57. The lowest BCUT2D eigenvalue weighted by Gasteiger charge is -2.42. The Morgan fingerprint density at radius 1 is 1.21 bits per heavy atom. The fourth-order valence-corrected chi connectivity index (χ4v) is 5.27. The van der Waals surface area contributed by atoms with E-state index in [4.69, 9.17) is 33.9 Å². The third kappa shape index (κ3) is 3.67. The molecule has 29 heavy (non-hydrogen) atoms. The lowest BCUT2D eigenvalue weighted by atomic mass is 9.74. The molecule has 1 saturated carbocycles. The number of anilines is 1. The van der Waals surface area contributed by atoms with Gasteiger partial charge in [-0.25, -0.2) is 9.97 Å². The molecule has 4 rings (SSSR count). The first-order valence-corrected chi connectivity index (χ1v) is 10.8. The van der Waals surface area contributed by atoms with E-state index >= 15 is 0 Å². The predicted molar refractivity (Wildman–Crippen MR) is 116 cm³/mol. The van der Waals surface area contributed by atoms with Crippen molar-refractivity contribution in [2.24, 2.45) is 11.1 Å². The number of piperidine rings is 1. The van der Waals surface area contributed by atoms with Crippen molar-refractivity contribution in [3.63, 3.8) is 0 Å². The number of aliphatic hydroxyl groups is 1. The number of nitrogens with zero attached hydrogens (tertiary/aromatic N) is 3. The maximum atomic E-state index is 9.98. The van der Waals surface area contributed by atoms with E-state index in [9.17, 15) is 10.2 Å². The van der Waals surface area contributed by atoms with Crippen LogP contribution in [0.15, 0.2) is 12.1 Å². The van der Waals surface area contributed by atoms with Crippen LogP contribution in [0.4, 0.5) is 5.82 Å². The molecule has 1 aliphatic heterocycles. The van der Waals surface area contributed by atoms with E-state index in [-0.39, 0.29) is 28.8 Å². The van der Waals surface area contributed by atoms with Gasteiger partial charge in [0, 0.05) is 30.8 Å². The Balaban J connectivity index is 1.66. The van der Waals surface area contributed by atoms with Gasteiger partial charge in [-0.2, -0.15) is 0 Å². The Labute approximate surface area is 180 Å². The molecular formula is C21H26Cl2N4O2. The second-order valence-electron chi connectivity index (χ2n) is 8.22. The maximum absolute atomic E-state index is 9.98. The SMILES string of the molecule is Cc1nc(N2CCC3(CCC[C@H]3N)CC2)c(CO)nc1-c1cc(O)cc(Cl)c1Cl. The van der Waals surface area contributed by atoms with E-state index in [2.05, 4.69) is 9.88 Å². The third-order valence-corrected chi connectivity index (χ3v) is 7.38. The van der Waals surface area contributed by atoms with Crippen molar-refractivity contribution in [1.82, 2.24) is 9.97 Å². The molecule has 156 valence electrons. The van der Waals surface area contributed by atoms with Crippen molar-refractivity contribution in [1.29, 1.82) is 0 Å². The van der Waals surface area contributed by atoms with Crippen LogP contribution in [0.3, 0.4) is 0 Å². The average molecular weight is 437 g/mol. The van der Waals surface area contributed by atoms with Crippen molar-refractivity contribution in [3.05, 3.63) is 33.6 Å². The number of rotatable bonds is 3. The normalized spacial score (nSPS) is 21.1. The monoisotopic (exact) mass is 436 g/mol. The summed E-state index contributed by atoms with van der Waals surface area (Å²) in [7, 11) is 0. The summed E-state index contributed by atoms with van der Waals surface area (Å²) in [6.45, 7) is 3.32. The molecule has 0 bridgehead atoms. The zero-order chi connectivity index (χ0) is 20.8. The minimum absolute atomic E-state index is 0.000504. The maximum Gasteiger partial charge on any atom is 0.153 e. The molecule has 0 amide bonds. The number of phenols is 1. The largest absolute Gasteiger partial charge is 0.508 e. The van der Waals surface area contributed by atoms with Crippen LogP contribution in [-0.2, 0) is 6.61 Å². The van der Waals surface area contributed by atoms with Crippen molar-refractivity contribution < 1.29 is 10.2 Å². The quantitative estimate of drug-likeness (QED) is 0.671. The van der Waals surface area contributed by atoms with Crippen molar-refractivity contribution in [3.8, 4) is 17.0 Å². The number of phenolic OH excluding ortho intramolecular Hbond substituents is 1. The molecule has 1 atom stereocenters. The molecule has 1 aliphatic carbocycles. The van der Waals surface area contributed by atoms with Gasteiger partial charge >= 0.3 is 0 Å². The van der Waals surface area contributed by atoms with Crippen LogP contribution in [0.1, 0.15) is 43.5 Å². The van der Waals surface area contributed by atoms with Crippen molar-refractivity contribution in [2.75, 3.05) is 18.0 Å². The number of benzene rings is 1. The minimum atomic E-state index is -0.235. The van der Waals surface area contributed by atoms with Crippen LogP contribution >= 0.6 is 23.2 Å². The smallest absolute Gasteiger partial charge is 0.153 e. The molecule has 1 aromatic heterocycles. The first kappa shape index (κ1) is 20.7. The van der Waals surface area contributed by atoms with Gasteiger partial charge in [0.25, 0.3) is 0 Å². The molecule has 2 aromatic rings. The van der Waals surface area contributed by atoms with Crippen LogP contribution in [0, 0.1) is 12.3 Å². The molecule has 4 N–H and O–H groups in total. The summed E-state index contributed by atoms with van der Waals surface area (Å²) in [6, 6.07) is 3.18. The van der Waals surface area contributed by atoms with Crippen LogP contribution in [0.25, 0.3) is 11.3 Å². The first-order chi connectivity index (χ1) is 13.8. The molecule has 2 fully saturated rings. The number of hydrogen-bond acceptors (Lipinski definition) is 6. The van der Waals surface area contributed by atoms with Gasteiger partial charge in [0.05, 0.1) is 28.0 Å². The standard InChI is InChI=1S/C21H26Cl2N4O2/c1-12-19(14-9-13(29)10-15(22)18(14)23)26-16(11-28)20(25-12)27-7-5-21(6-8-27)4-2-3-17(21)24/h9-10,17,28-29H,2-8,11,24H2,1H3/t17-/m1/s1. The summed E-state index contributed by atoms with van der Waals surface area (Å²) in [6.07, 6.45) is 5.60. The van der Waals surface area contributed by atoms with E-state index in [1.807, 2.05) is 6.92 Å². The zero-order valence-electron chi connectivity index (χ0n) is 16.5. The fraction of sp³-hybridized carbons (Fsp3) is 0.524. The Bertz CT molecular complexity index is 929. The average Bonchev–Trinajstić information content (AvgIpc) is 3.05. The van der Waals surface area contributed by atoms with Gasteiger partial charge in [0.1, 0.15) is 11.4 Å². The highest BCUT2D eigenvalue weighted by molar-refractivity contribution is 6.43. The highest BCUT2D eigenvalue weighted by atomic mass is 35.5. The van der Waals surface area contributed by atoms with Gasteiger partial charge in [-0.3, -0.25) is 0 Å². The van der Waals surface area contributed by atoms with Gasteiger partial charge in [-0.05, 0) is 44.1 Å². The Kier molecular flexibility index (Phi) is 5.64. The molecule has 1 spiro atoms. The molecule has 2 heterocycles. The lowest BCUT2D eigenvalue weighted by Crippen LogP contribution is -2.47. The molecule has 6 nitrogen and oxygen atoms in total. The highest BCUT2D eigenvalue weighted by Crippen LogP contribution is 2.46. The molecule has 8 heteroatoms. The Morgan fingerprint density at radius 2 is 1.93 bits per heavy atom. The molecule has 0 radical (unpaired) electrons. The van der Waals surface area contributed by atoms with Gasteiger partial charge in [-0.15, -0.1) is 0 Å². The van der Waals surface area contributed by atoms with Crippen LogP contribution in [0.2, 0.25) is 10.0 Å². The second kappa shape index (κ2) is 7.91. The number of aromatic nitrogens is 2. The zero-order valence-corrected chi connectivity index (χ0v) is 18.0. The summed E-state index contributed by atoms with van der Waals surface area (Å²) in [5.74, 6) is 0.706. The summed E-state index contributed by atoms with van der Waals surface area (Å²) in [5, 5.41) is 20.4. The van der Waals surface area contributed by atoms with E-state index in [0.29, 0.717) is 33.5 Å². The predicted octanol–water partition coefficient (Wildman–Crippen LogP) is 4.05. The van der Waals surface area contributed by atoms with Gasteiger partial charge < -0.3 is 20.8 Å². The number of aliphatic hydroxyl groups excluding tert-OH is 1. The van der Waals surface area contributed by atoms with E-state index < -0.39 is 0 Å². The number of halogens is 2. The van der Waals surface area contributed by atoms with E-state index in [1.54, 1.807) is 0 Å².